The molecule has 6 heteroatoms. The molecule has 1 heterocycles. The fourth-order valence-electron chi connectivity index (χ4n) is 2.91. The number of carbonyl (C=O) groups excluding carboxylic acids is 1. The third-order valence-corrected chi connectivity index (χ3v) is 4.26. The third-order valence-electron chi connectivity index (χ3n) is 4.26. The van der Waals surface area contributed by atoms with E-state index in [0.29, 0.717) is 11.6 Å². The highest BCUT2D eigenvalue weighted by atomic mass is 16.2. The molecule has 0 unspecified atom stereocenters. The Balaban J connectivity index is 1.85. The molecule has 2 aromatic carbocycles. The van der Waals surface area contributed by atoms with E-state index in [1.54, 1.807) is 0 Å². The molecule has 1 aromatic heterocycles. The van der Waals surface area contributed by atoms with Crippen LogP contribution in [0.3, 0.4) is 0 Å². The van der Waals surface area contributed by atoms with Gasteiger partial charge in [-0.2, -0.15) is 5.10 Å². The van der Waals surface area contributed by atoms with Crippen molar-refractivity contribution in [1.82, 2.24) is 20.5 Å². The van der Waals surface area contributed by atoms with E-state index in [2.05, 4.69) is 32.7 Å². The van der Waals surface area contributed by atoms with Crippen molar-refractivity contribution in [2.45, 2.75) is 33.2 Å². The summed E-state index contributed by atoms with van der Waals surface area (Å²) < 4.78 is 0. The molecular weight excluding hydrogens is 326 g/mol. The number of hydrogen-bond donors (Lipinski definition) is 3. The quantitative estimate of drug-likeness (QED) is 0.653. The van der Waals surface area contributed by atoms with Crippen molar-refractivity contribution in [2.24, 2.45) is 0 Å². The number of aryl methyl sites for hydroxylation is 3. The molecule has 1 atom stereocenters. The molecular formula is C20H23N5O. The van der Waals surface area contributed by atoms with E-state index in [0.717, 1.165) is 28.8 Å². The number of amides is 2. The minimum atomic E-state index is -0.435. The molecule has 0 radical (unpaired) electrons. The van der Waals surface area contributed by atoms with Gasteiger partial charge in [0.05, 0.1) is 0 Å². The van der Waals surface area contributed by atoms with Crippen molar-refractivity contribution < 1.29 is 4.79 Å². The number of aromatic nitrogens is 3. The van der Waals surface area contributed by atoms with Crippen LogP contribution in [-0.2, 0) is 6.42 Å². The number of anilines is 1. The molecule has 26 heavy (non-hydrogen) atoms. The van der Waals surface area contributed by atoms with Gasteiger partial charge in [-0.05, 0) is 37.0 Å². The lowest BCUT2D eigenvalue weighted by atomic mass is 10.1. The Morgan fingerprint density at radius 1 is 1.12 bits per heavy atom. The summed E-state index contributed by atoms with van der Waals surface area (Å²) in [5, 5.41) is 13.0. The molecule has 6 nitrogen and oxygen atoms in total. The number of H-pyrrole nitrogens is 1. The standard InChI is InChI=1S/C20H23N5O/c1-4-15-12-8-9-13(2)17(15)22-20(26)23-18(16-10-6-5-7-11-16)19-21-14(3)24-25-19/h5-12,18H,4H2,1-3H3,(H,21,24,25)(H2,22,23,26)/t18-/m1/s1. The first-order valence-electron chi connectivity index (χ1n) is 8.68. The van der Waals surface area contributed by atoms with E-state index in [-0.39, 0.29) is 6.03 Å². The molecule has 0 saturated heterocycles. The molecule has 0 aliphatic heterocycles. The molecule has 2 amide bonds. The summed E-state index contributed by atoms with van der Waals surface area (Å²) in [5.41, 5.74) is 3.90. The summed E-state index contributed by atoms with van der Waals surface area (Å²) in [7, 11) is 0. The number of nitrogens with one attached hydrogen (secondary N) is 3. The maximum absolute atomic E-state index is 12.7. The van der Waals surface area contributed by atoms with Crippen molar-refractivity contribution in [2.75, 3.05) is 5.32 Å². The number of aromatic amines is 1. The normalized spacial score (nSPS) is 11.8. The minimum absolute atomic E-state index is 0.287. The predicted octanol–water partition coefficient (Wildman–Crippen LogP) is 3.90. The van der Waals surface area contributed by atoms with E-state index in [9.17, 15) is 4.79 Å². The van der Waals surface area contributed by atoms with Gasteiger partial charge in [-0.25, -0.2) is 9.78 Å². The van der Waals surface area contributed by atoms with Crippen molar-refractivity contribution in [3.05, 3.63) is 76.9 Å². The van der Waals surface area contributed by atoms with Gasteiger partial charge in [-0.3, -0.25) is 5.10 Å². The monoisotopic (exact) mass is 349 g/mol. The second kappa shape index (κ2) is 7.82. The van der Waals surface area contributed by atoms with E-state index < -0.39 is 6.04 Å². The number of hydrogen-bond acceptors (Lipinski definition) is 3. The van der Waals surface area contributed by atoms with E-state index >= 15 is 0 Å². The molecule has 134 valence electrons. The van der Waals surface area contributed by atoms with E-state index in [4.69, 9.17) is 0 Å². The molecule has 0 fully saturated rings. The van der Waals surface area contributed by atoms with Crippen LogP contribution in [0, 0.1) is 13.8 Å². The van der Waals surface area contributed by atoms with E-state index in [1.165, 1.54) is 0 Å². The van der Waals surface area contributed by atoms with Crippen LogP contribution < -0.4 is 10.6 Å². The number of para-hydroxylation sites is 1. The van der Waals surface area contributed by atoms with Crippen molar-refractivity contribution >= 4 is 11.7 Å². The highest BCUT2D eigenvalue weighted by Crippen LogP contribution is 2.22. The lowest BCUT2D eigenvalue weighted by molar-refractivity contribution is 0.249. The fourth-order valence-corrected chi connectivity index (χ4v) is 2.91. The Morgan fingerprint density at radius 3 is 2.54 bits per heavy atom. The van der Waals surface area contributed by atoms with Gasteiger partial charge in [-0.1, -0.05) is 55.5 Å². The zero-order valence-electron chi connectivity index (χ0n) is 15.2. The minimum Gasteiger partial charge on any atom is -0.324 e. The Kier molecular flexibility index (Phi) is 5.31. The van der Waals surface area contributed by atoms with Crippen LogP contribution in [-0.4, -0.2) is 21.2 Å². The van der Waals surface area contributed by atoms with Gasteiger partial charge >= 0.3 is 6.03 Å². The van der Waals surface area contributed by atoms with Crippen LogP contribution in [0.25, 0.3) is 0 Å². The number of benzene rings is 2. The molecule has 3 rings (SSSR count). The zero-order chi connectivity index (χ0) is 18.5. The van der Waals surface area contributed by atoms with Gasteiger partial charge in [-0.15, -0.1) is 0 Å². The summed E-state index contributed by atoms with van der Waals surface area (Å²) in [4.78, 5) is 17.1. The number of carbonyl (C=O) groups is 1. The highest BCUT2D eigenvalue weighted by molar-refractivity contribution is 5.91. The van der Waals surface area contributed by atoms with Crippen LogP contribution in [0.2, 0.25) is 0 Å². The van der Waals surface area contributed by atoms with Gasteiger partial charge in [0.1, 0.15) is 11.9 Å². The first-order valence-corrected chi connectivity index (χ1v) is 8.68. The van der Waals surface area contributed by atoms with Crippen LogP contribution in [0.15, 0.2) is 48.5 Å². The Labute approximate surface area is 153 Å². The van der Waals surface area contributed by atoms with Crippen molar-refractivity contribution in [3.8, 4) is 0 Å². The Morgan fingerprint density at radius 2 is 1.88 bits per heavy atom. The number of rotatable bonds is 5. The zero-order valence-corrected chi connectivity index (χ0v) is 15.2. The fraction of sp³-hybridized carbons (Fsp3) is 0.250. The Hall–Kier alpha value is -3.15. The van der Waals surface area contributed by atoms with Gasteiger partial charge in [0.15, 0.2) is 5.82 Å². The molecule has 0 saturated carbocycles. The van der Waals surface area contributed by atoms with Gasteiger partial charge < -0.3 is 10.6 Å². The van der Waals surface area contributed by atoms with Gasteiger partial charge in [0.25, 0.3) is 0 Å². The first-order chi connectivity index (χ1) is 12.6. The second-order valence-corrected chi connectivity index (χ2v) is 6.18. The molecule has 0 aliphatic rings. The highest BCUT2D eigenvalue weighted by Gasteiger charge is 2.21. The summed E-state index contributed by atoms with van der Waals surface area (Å²) in [6, 6.07) is 15.0. The van der Waals surface area contributed by atoms with Crippen LogP contribution in [0.1, 0.15) is 41.3 Å². The second-order valence-electron chi connectivity index (χ2n) is 6.18. The molecule has 0 bridgehead atoms. The van der Waals surface area contributed by atoms with Crippen molar-refractivity contribution in [1.29, 1.82) is 0 Å². The maximum atomic E-state index is 12.7. The molecule has 3 N–H and O–H groups in total. The maximum Gasteiger partial charge on any atom is 0.320 e. The summed E-state index contributed by atoms with van der Waals surface area (Å²) in [6.07, 6.45) is 0.847. The van der Waals surface area contributed by atoms with Crippen LogP contribution in [0.4, 0.5) is 10.5 Å². The predicted molar refractivity (Wildman–Crippen MR) is 102 cm³/mol. The summed E-state index contributed by atoms with van der Waals surface area (Å²) in [6.45, 7) is 5.89. The lowest BCUT2D eigenvalue weighted by Gasteiger charge is -2.19. The van der Waals surface area contributed by atoms with Crippen LogP contribution in [0.5, 0.6) is 0 Å². The SMILES string of the molecule is CCc1cccc(C)c1NC(=O)N[C@H](c1ccccc1)c1n[nH]c(C)n1. The topological polar surface area (TPSA) is 82.7 Å². The third kappa shape index (κ3) is 3.91. The molecule has 3 aromatic rings. The van der Waals surface area contributed by atoms with E-state index in [1.807, 2.05) is 62.4 Å². The Bertz CT molecular complexity index is 888. The average molecular weight is 349 g/mol. The van der Waals surface area contributed by atoms with Gasteiger partial charge in [0.2, 0.25) is 0 Å². The number of urea groups is 1. The van der Waals surface area contributed by atoms with Crippen molar-refractivity contribution in [3.63, 3.8) is 0 Å². The van der Waals surface area contributed by atoms with Gasteiger partial charge in [0, 0.05) is 5.69 Å². The largest absolute Gasteiger partial charge is 0.324 e. The summed E-state index contributed by atoms with van der Waals surface area (Å²) in [5.74, 6) is 1.24. The number of nitrogens with zero attached hydrogens (tertiary/aromatic N) is 2. The molecule has 0 aliphatic carbocycles. The smallest absolute Gasteiger partial charge is 0.320 e. The first kappa shape index (κ1) is 17.7. The average Bonchev–Trinajstić information content (AvgIpc) is 3.08. The van der Waals surface area contributed by atoms with Crippen LogP contribution >= 0.6 is 0 Å². The summed E-state index contributed by atoms with van der Waals surface area (Å²) >= 11 is 0. The molecule has 0 spiro atoms. The lowest BCUT2D eigenvalue weighted by Crippen LogP contribution is -2.34.